The van der Waals surface area contributed by atoms with Crippen molar-refractivity contribution in [1.29, 1.82) is 0 Å². The van der Waals surface area contributed by atoms with Crippen LogP contribution in [-0.2, 0) is 11.4 Å². The molecule has 1 saturated heterocycles. The van der Waals surface area contributed by atoms with Crippen LogP contribution in [0.1, 0.15) is 23.6 Å². The zero-order valence-corrected chi connectivity index (χ0v) is 21.8. The zero-order chi connectivity index (χ0) is 24.1. The molecule has 1 amide bonds. The van der Waals surface area contributed by atoms with Crippen LogP contribution in [0.5, 0.6) is 11.5 Å². The van der Waals surface area contributed by atoms with Crippen molar-refractivity contribution >= 4 is 62.1 Å². The highest BCUT2D eigenvalue weighted by Gasteiger charge is 2.24. The van der Waals surface area contributed by atoms with Gasteiger partial charge in [-0.05, 0) is 101 Å². The molecule has 0 bridgehead atoms. The molecular formula is C26H22BrClN2O3S. The van der Waals surface area contributed by atoms with Crippen molar-refractivity contribution in [3.8, 4) is 11.5 Å². The van der Waals surface area contributed by atoms with Gasteiger partial charge in [0.15, 0.2) is 16.7 Å². The highest BCUT2D eigenvalue weighted by Crippen LogP contribution is 2.39. The fourth-order valence-electron chi connectivity index (χ4n) is 3.26. The van der Waals surface area contributed by atoms with Crippen molar-refractivity contribution in [2.45, 2.75) is 20.5 Å². The van der Waals surface area contributed by atoms with Crippen LogP contribution < -0.4 is 14.8 Å². The highest BCUT2D eigenvalue weighted by atomic mass is 79.9. The molecule has 174 valence electrons. The second kappa shape index (κ2) is 11.1. The van der Waals surface area contributed by atoms with Gasteiger partial charge >= 0.3 is 0 Å². The van der Waals surface area contributed by atoms with Gasteiger partial charge < -0.3 is 14.8 Å². The van der Waals surface area contributed by atoms with E-state index >= 15 is 0 Å². The number of rotatable bonds is 7. The van der Waals surface area contributed by atoms with E-state index in [-0.39, 0.29) is 5.91 Å². The Labute approximate surface area is 216 Å². The van der Waals surface area contributed by atoms with Crippen LogP contribution in [0.2, 0.25) is 5.02 Å². The number of thioether (sulfide) groups is 1. The van der Waals surface area contributed by atoms with Gasteiger partial charge in [0.2, 0.25) is 0 Å². The number of nitrogens with one attached hydrogen (secondary N) is 1. The van der Waals surface area contributed by atoms with Gasteiger partial charge in [-0.3, -0.25) is 4.79 Å². The molecule has 3 aromatic carbocycles. The molecule has 4 rings (SSSR count). The van der Waals surface area contributed by atoms with Gasteiger partial charge in [-0.2, -0.15) is 0 Å². The molecule has 1 aliphatic heterocycles. The SMILES string of the molecule is CCOc1cc(/C=C2\SC(=Nc3ccc(Cl)cc3)NC2=O)cc(Br)c1OCc1ccccc1C. The average molecular weight is 558 g/mol. The summed E-state index contributed by atoms with van der Waals surface area (Å²) in [5.41, 5.74) is 3.79. The first-order valence-corrected chi connectivity index (χ1v) is 12.6. The van der Waals surface area contributed by atoms with E-state index in [2.05, 4.69) is 39.2 Å². The second-order valence-corrected chi connectivity index (χ2v) is 9.76. The summed E-state index contributed by atoms with van der Waals surface area (Å²) in [5, 5.41) is 3.95. The van der Waals surface area contributed by atoms with Gasteiger partial charge in [-0.15, -0.1) is 0 Å². The van der Waals surface area contributed by atoms with Gasteiger partial charge in [-0.1, -0.05) is 35.9 Å². The Morgan fingerprint density at radius 3 is 2.62 bits per heavy atom. The number of hydrogen-bond donors (Lipinski definition) is 1. The minimum Gasteiger partial charge on any atom is -0.490 e. The molecule has 0 aromatic heterocycles. The lowest BCUT2D eigenvalue weighted by molar-refractivity contribution is -0.115. The van der Waals surface area contributed by atoms with Gasteiger partial charge in [0.25, 0.3) is 5.91 Å². The standard InChI is InChI=1S/C26H22BrClN2O3S/c1-3-32-22-13-17(12-21(27)24(22)33-15-18-7-5-4-6-16(18)2)14-23-25(31)30-26(34-23)29-20-10-8-19(28)9-11-20/h4-14H,3,15H2,1-2H3,(H,29,30,31)/b23-14-. The van der Waals surface area contributed by atoms with E-state index < -0.39 is 0 Å². The summed E-state index contributed by atoms with van der Waals surface area (Å²) in [6.07, 6.45) is 1.81. The fraction of sp³-hybridized carbons (Fsp3) is 0.154. The maximum Gasteiger partial charge on any atom is 0.264 e. The summed E-state index contributed by atoms with van der Waals surface area (Å²) in [7, 11) is 0. The van der Waals surface area contributed by atoms with Gasteiger partial charge in [0, 0.05) is 5.02 Å². The van der Waals surface area contributed by atoms with Crippen LogP contribution >= 0.6 is 39.3 Å². The molecule has 1 fully saturated rings. The number of ether oxygens (including phenoxy) is 2. The van der Waals surface area contributed by atoms with Crippen LogP contribution in [0, 0.1) is 6.92 Å². The lowest BCUT2D eigenvalue weighted by Gasteiger charge is -2.15. The summed E-state index contributed by atoms with van der Waals surface area (Å²) in [6, 6.07) is 19.0. The van der Waals surface area contributed by atoms with Crippen molar-refractivity contribution in [1.82, 2.24) is 5.32 Å². The zero-order valence-electron chi connectivity index (χ0n) is 18.6. The molecule has 3 aromatic rings. The van der Waals surface area contributed by atoms with E-state index in [1.54, 1.807) is 24.3 Å². The Morgan fingerprint density at radius 2 is 1.88 bits per heavy atom. The number of nitrogens with zero attached hydrogens (tertiary/aromatic N) is 1. The van der Waals surface area contributed by atoms with Crippen LogP contribution in [-0.4, -0.2) is 17.7 Å². The van der Waals surface area contributed by atoms with Gasteiger partial charge in [0.1, 0.15) is 6.61 Å². The quantitative estimate of drug-likeness (QED) is 0.310. The van der Waals surface area contributed by atoms with Crippen LogP contribution in [0.3, 0.4) is 0 Å². The molecule has 0 saturated carbocycles. The summed E-state index contributed by atoms with van der Waals surface area (Å²) in [6.45, 7) is 4.89. The Morgan fingerprint density at radius 1 is 1.12 bits per heavy atom. The summed E-state index contributed by atoms with van der Waals surface area (Å²) in [5.74, 6) is 1.03. The summed E-state index contributed by atoms with van der Waals surface area (Å²) >= 11 is 10.8. The van der Waals surface area contributed by atoms with E-state index in [9.17, 15) is 4.79 Å². The number of amidine groups is 1. The van der Waals surface area contributed by atoms with E-state index in [1.165, 1.54) is 17.3 Å². The highest BCUT2D eigenvalue weighted by molar-refractivity contribution is 9.10. The smallest absolute Gasteiger partial charge is 0.264 e. The minimum absolute atomic E-state index is 0.202. The monoisotopic (exact) mass is 556 g/mol. The second-order valence-electron chi connectivity index (χ2n) is 7.44. The molecule has 1 N–H and O–H groups in total. The molecule has 5 nitrogen and oxygen atoms in total. The molecule has 0 spiro atoms. The predicted octanol–water partition coefficient (Wildman–Crippen LogP) is 7.28. The van der Waals surface area contributed by atoms with Crippen molar-refractivity contribution in [2.75, 3.05) is 6.61 Å². The van der Waals surface area contributed by atoms with Crippen molar-refractivity contribution < 1.29 is 14.3 Å². The largest absolute Gasteiger partial charge is 0.490 e. The number of aryl methyl sites for hydroxylation is 1. The molecule has 0 radical (unpaired) electrons. The third-order valence-corrected chi connectivity index (χ3v) is 6.72. The van der Waals surface area contributed by atoms with Crippen molar-refractivity contribution in [2.24, 2.45) is 4.99 Å². The number of benzene rings is 3. The molecule has 0 unspecified atom stereocenters. The number of hydrogen-bond acceptors (Lipinski definition) is 5. The third kappa shape index (κ3) is 6.03. The topological polar surface area (TPSA) is 59.9 Å². The van der Waals surface area contributed by atoms with E-state index in [1.807, 2.05) is 43.3 Å². The van der Waals surface area contributed by atoms with E-state index in [0.717, 1.165) is 15.6 Å². The van der Waals surface area contributed by atoms with Gasteiger partial charge in [-0.25, -0.2) is 4.99 Å². The molecule has 0 aliphatic carbocycles. The normalized spacial score (nSPS) is 15.6. The number of carbonyl (C=O) groups excluding carboxylic acids is 1. The lowest BCUT2D eigenvalue weighted by atomic mass is 10.1. The van der Waals surface area contributed by atoms with Crippen molar-refractivity contribution in [3.63, 3.8) is 0 Å². The molecular weight excluding hydrogens is 536 g/mol. The maximum atomic E-state index is 12.5. The maximum absolute atomic E-state index is 12.5. The Hall–Kier alpha value is -2.74. The lowest BCUT2D eigenvalue weighted by Crippen LogP contribution is -2.19. The fourth-order valence-corrected chi connectivity index (χ4v) is 4.80. The number of amides is 1. The van der Waals surface area contributed by atoms with Gasteiger partial charge in [0.05, 0.1) is 21.7 Å². The number of aliphatic imine (C=N–C) groups is 1. The third-order valence-electron chi connectivity index (χ3n) is 4.97. The molecule has 34 heavy (non-hydrogen) atoms. The number of carbonyl (C=O) groups is 1. The predicted molar refractivity (Wildman–Crippen MR) is 143 cm³/mol. The Kier molecular flexibility index (Phi) is 7.98. The first-order chi connectivity index (χ1) is 16.4. The Balaban J connectivity index is 1.56. The molecule has 0 atom stereocenters. The first-order valence-electron chi connectivity index (χ1n) is 10.6. The first kappa shape index (κ1) is 24.4. The van der Waals surface area contributed by atoms with Crippen LogP contribution in [0.25, 0.3) is 6.08 Å². The minimum atomic E-state index is -0.202. The van der Waals surface area contributed by atoms with E-state index in [4.69, 9.17) is 21.1 Å². The molecule has 1 heterocycles. The summed E-state index contributed by atoms with van der Waals surface area (Å²) in [4.78, 5) is 17.5. The average Bonchev–Trinajstić information content (AvgIpc) is 3.14. The van der Waals surface area contributed by atoms with Crippen LogP contribution in [0.4, 0.5) is 5.69 Å². The van der Waals surface area contributed by atoms with E-state index in [0.29, 0.717) is 45.5 Å². The Bertz CT molecular complexity index is 1280. The molecule has 8 heteroatoms. The van der Waals surface area contributed by atoms with Crippen molar-refractivity contribution in [3.05, 3.63) is 91.8 Å². The number of halogens is 2. The molecule has 1 aliphatic rings. The summed E-state index contributed by atoms with van der Waals surface area (Å²) < 4.78 is 12.7. The van der Waals surface area contributed by atoms with Crippen LogP contribution in [0.15, 0.2) is 75.0 Å².